The molecule has 3 rings (SSSR count). The summed E-state index contributed by atoms with van der Waals surface area (Å²) in [7, 11) is 2.02. The summed E-state index contributed by atoms with van der Waals surface area (Å²) >= 11 is 5.15. The molecule has 1 unspecified atom stereocenters. The van der Waals surface area contributed by atoms with Gasteiger partial charge in [0.2, 0.25) is 0 Å². The highest BCUT2D eigenvalue weighted by atomic mass is 79.9. The lowest BCUT2D eigenvalue weighted by Gasteiger charge is -2.33. The SMILES string of the molecule is CC1CCC2(CC1)NC(=O)N(C[NH+](C)Cc1ccc(Br)s1)C2=O. The van der Waals surface area contributed by atoms with E-state index in [1.807, 2.05) is 13.1 Å². The van der Waals surface area contributed by atoms with Crippen molar-refractivity contribution < 1.29 is 14.5 Å². The van der Waals surface area contributed by atoms with E-state index in [0.717, 1.165) is 40.9 Å². The van der Waals surface area contributed by atoms with Crippen LogP contribution in [0.5, 0.6) is 0 Å². The molecule has 2 fully saturated rings. The number of hydrogen-bond donors (Lipinski definition) is 2. The molecular weight excluding hydrogens is 378 g/mol. The normalized spacial score (nSPS) is 29.2. The van der Waals surface area contributed by atoms with Crippen LogP contribution in [-0.2, 0) is 11.3 Å². The molecule has 1 aliphatic carbocycles. The van der Waals surface area contributed by atoms with Crippen LogP contribution < -0.4 is 10.2 Å². The zero-order valence-electron chi connectivity index (χ0n) is 13.5. The number of halogens is 1. The number of quaternary nitrogens is 1. The van der Waals surface area contributed by atoms with Crippen LogP contribution >= 0.6 is 27.3 Å². The van der Waals surface area contributed by atoms with Crippen molar-refractivity contribution in [1.82, 2.24) is 10.2 Å². The van der Waals surface area contributed by atoms with E-state index >= 15 is 0 Å². The Kier molecular flexibility index (Phi) is 4.80. The van der Waals surface area contributed by atoms with E-state index in [4.69, 9.17) is 0 Å². The van der Waals surface area contributed by atoms with E-state index in [1.54, 1.807) is 11.3 Å². The standard InChI is InChI=1S/C16H22BrN3O2S/c1-11-5-7-16(8-6-11)14(21)20(15(22)18-16)10-19(2)9-12-3-4-13(17)23-12/h3-4,11H,5-10H2,1-2H3,(H,18,22)/p+1. The number of nitrogens with zero attached hydrogens (tertiary/aromatic N) is 1. The summed E-state index contributed by atoms with van der Waals surface area (Å²) < 4.78 is 1.10. The fourth-order valence-corrected chi connectivity index (χ4v) is 5.08. The number of thiophene rings is 1. The lowest BCUT2D eigenvalue weighted by atomic mass is 9.77. The maximum Gasteiger partial charge on any atom is 0.329 e. The second kappa shape index (κ2) is 6.53. The Hall–Kier alpha value is -0.920. The van der Waals surface area contributed by atoms with Gasteiger partial charge in [-0.2, -0.15) is 0 Å². The van der Waals surface area contributed by atoms with Crippen LogP contribution in [0.3, 0.4) is 0 Å². The van der Waals surface area contributed by atoms with Crippen LogP contribution in [-0.4, -0.2) is 36.1 Å². The molecule has 0 bridgehead atoms. The molecule has 0 aromatic carbocycles. The fourth-order valence-electron chi connectivity index (χ4n) is 3.48. The number of amides is 3. The summed E-state index contributed by atoms with van der Waals surface area (Å²) in [6, 6.07) is 3.88. The quantitative estimate of drug-likeness (QED) is 0.759. The first-order chi connectivity index (χ1) is 10.9. The molecular formula is C16H23BrN3O2S+. The lowest BCUT2D eigenvalue weighted by molar-refractivity contribution is -0.900. The topological polar surface area (TPSA) is 53.9 Å². The van der Waals surface area contributed by atoms with Gasteiger partial charge in [0.25, 0.3) is 5.91 Å². The molecule has 1 saturated heterocycles. The zero-order valence-corrected chi connectivity index (χ0v) is 15.9. The van der Waals surface area contributed by atoms with Crippen molar-refractivity contribution in [2.45, 2.75) is 44.7 Å². The smallest absolute Gasteiger partial charge is 0.323 e. The Morgan fingerprint density at radius 2 is 2.09 bits per heavy atom. The minimum Gasteiger partial charge on any atom is -0.323 e. The van der Waals surface area contributed by atoms with Crippen molar-refractivity contribution in [1.29, 1.82) is 0 Å². The largest absolute Gasteiger partial charge is 0.329 e. The molecule has 3 amide bonds. The summed E-state index contributed by atoms with van der Waals surface area (Å²) in [6.45, 7) is 3.43. The average molecular weight is 401 g/mol. The Labute approximate surface area is 149 Å². The van der Waals surface area contributed by atoms with Gasteiger partial charge in [-0.1, -0.05) is 6.92 Å². The summed E-state index contributed by atoms with van der Waals surface area (Å²) in [5.74, 6) is 0.617. The number of rotatable bonds is 4. The second-order valence-electron chi connectivity index (χ2n) is 6.93. The molecule has 126 valence electrons. The van der Waals surface area contributed by atoms with Gasteiger partial charge < -0.3 is 10.2 Å². The highest BCUT2D eigenvalue weighted by Gasteiger charge is 2.52. The van der Waals surface area contributed by atoms with E-state index in [2.05, 4.69) is 34.2 Å². The first kappa shape index (κ1) is 16.9. The van der Waals surface area contributed by atoms with Crippen LogP contribution in [0.4, 0.5) is 4.79 Å². The van der Waals surface area contributed by atoms with Gasteiger partial charge in [-0.3, -0.25) is 4.79 Å². The molecule has 1 atom stereocenters. The third-order valence-corrected chi connectivity index (χ3v) is 6.53. The van der Waals surface area contributed by atoms with Gasteiger partial charge in [-0.05, 0) is 59.7 Å². The van der Waals surface area contributed by atoms with Gasteiger partial charge in [0, 0.05) is 0 Å². The highest BCUT2D eigenvalue weighted by Crippen LogP contribution is 2.35. The summed E-state index contributed by atoms with van der Waals surface area (Å²) in [5, 5.41) is 2.98. The number of carbonyl (C=O) groups excluding carboxylic acids is 2. The first-order valence-corrected chi connectivity index (χ1v) is 9.70. The minimum absolute atomic E-state index is 0.0267. The molecule has 2 heterocycles. The number of nitrogens with one attached hydrogen (secondary N) is 2. The second-order valence-corrected chi connectivity index (χ2v) is 9.47. The minimum atomic E-state index is -0.629. The third-order valence-electron chi connectivity index (χ3n) is 4.91. The van der Waals surface area contributed by atoms with Crippen LogP contribution in [0.1, 0.15) is 37.5 Å². The monoisotopic (exact) mass is 400 g/mol. The molecule has 7 heteroatoms. The molecule has 0 radical (unpaired) electrons. The van der Waals surface area contributed by atoms with Gasteiger partial charge in [0.15, 0.2) is 6.67 Å². The Morgan fingerprint density at radius 3 is 2.70 bits per heavy atom. The van der Waals surface area contributed by atoms with Gasteiger partial charge in [-0.15, -0.1) is 11.3 Å². The summed E-state index contributed by atoms with van der Waals surface area (Å²) in [5.41, 5.74) is -0.629. The van der Waals surface area contributed by atoms with Crippen LogP contribution in [0.15, 0.2) is 15.9 Å². The highest BCUT2D eigenvalue weighted by molar-refractivity contribution is 9.11. The molecule has 1 aromatic heterocycles. The van der Waals surface area contributed by atoms with Crippen molar-refractivity contribution in [2.24, 2.45) is 5.92 Å². The van der Waals surface area contributed by atoms with E-state index in [-0.39, 0.29) is 11.9 Å². The van der Waals surface area contributed by atoms with Gasteiger partial charge in [0.05, 0.1) is 15.7 Å². The van der Waals surface area contributed by atoms with Crippen molar-refractivity contribution in [2.75, 3.05) is 13.7 Å². The molecule has 1 saturated carbocycles. The number of carbonyl (C=O) groups is 2. The van der Waals surface area contributed by atoms with Crippen LogP contribution in [0.2, 0.25) is 0 Å². The Bertz CT molecular complexity index is 610. The Balaban J connectivity index is 1.63. The van der Waals surface area contributed by atoms with Gasteiger partial charge in [0.1, 0.15) is 12.1 Å². The molecule has 5 nitrogen and oxygen atoms in total. The number of imide groups is 1. The molecule has 2 N–H and O–H groups in total. The molecule has 23 heavy (non-hydrogen) atoms. The summed E-state index contributed by atoms with van der Waals surface area (Å²) in [4.78, 5) is 28.9. The van der Waals surface area contributed by atoms with Crippen molar-refractivity contribution in [3.63, 3.8) is 0 Å². The van der Waals surface area contributed by atoms with Crippen LogP contribution in [0, 0.1) is 5.92 Å². The molecule has 1 aromatic rings. The maximum atomic E-state index is 12.8. The average Bonchev–Trinajstić information content (AvgIpc) is 3.00. The summed E-state index contributed by atoms with van der Waals surface area (Å²) in [6.07, 6.45) is 3.55. The van der Waals surface area contributed by atoms with Crippen LogP contribution in [0.25, 0.3) is 0 Å². The molecule has 2 aliphatic rings. The van der Waals surface area contributed by atoms with E-state index in [0.29, 0.717) is 12.6 Å². The van der Waals surface area contributed by atoms with E-state index in [1.165, 1.54) is 9.78 Å². The number of hydrogen-bond acceptors (Lipinski definition) is 3. The third kappa shape index (κ3) is 3.46. The van der Waals surface area contributed by atoms with E-state index < -0.39 is 5.54 Å². The zero-order chi connectivity index (χ0) is 16.6. The predicted octanol–water partition coefficient (Wildman–Crippen LogP) is 1.98. The van der Waals surface area contributed by atoms with Crippen molar-refractivity contribution in [3.05, 3.63) is 20.8 Å². The Morgan fingerprint density at radius 1 is 1.39 bits per heavy atom. The predicted molar refractivity (Wildman–Crippen MR) is 93.2 cm³/mol. The van der Waals surface area contributed by atoms with Crippen molar-refractivity contribution in [3.8, 4) is 0 Å². The molecule has 1 aliphatic heterocycles. The molecule has 1 spiro atoms. The van der Waals surface area contributed by atoms with E-state index in [9.17, 15) is 9.59 Å². The lowest BCUT2D eigenvalue weighted by Crippen LogP contribution is -3.09. The van der Waals surface area contributed by atoms with Gasteiger partial charge >= 0.3 is 6.03 Å². The van der Waals surface area contributed by atoms with Gasteiger partial charge in [-0.25, -0.2) is 9.69 Å². The fraction of sp³-hybridized carbons (Fsp3) is 0.625. The number of urea groups is 1. The van der Waals surface area contributed by atoms with Crippen molar-refractivity contribution >= 4 is 39.2 Å². The maximum absolute atomic E-state index is 12.8. The first-order valence-electron chi connectivity index (χ1n) is 8.09.